The largest absolute Gasteiger partial charge is 0.251 e. The fourth-order valence-corrected chi connectivity index (χ4v) is 0. The molecule has 0 aliphatic rings. The molecular formula is CH3I2N. The summed E-state index contributed by atoms with van der Waals surface area (Å²) in [6.45, 7) is 0. The zero-order valence-corrected chi connectivity index (χ0v) is 6.23. The first-order valence-corrected chi connectivity index (χ1v) is 3.24. The molecule has 0 aromatic heterocycles. The molecule has 0 unspecified atom stereocenters. The Labute approximate surface area is 54.6 Å². The molecule has 1 nitrogen and oxygen atoms in total. The van der Waals surface area contributed by atoms with Crippen molar-refractivity contribution in [3.05, 3.63) is 0 Å². The van der Waals surface area contributed by atoms with Gasteiger partial charge in [-0.2, -0.15) is 0 Å². The van der Waals surface area contributed by atoms with Crippen molar-refractivity contribution in [3.63, 3.8) is 0 Å². The zero-order chi connectivity index (χ0) is 4.28. The number of rotatable bonds is 1. The third-order valence-electron chi connectivity index (χ3n) is 0.0452. The van der Waals surface area contributed by atoms with E-state index in [1.165, 1.54) is 3.52 Å². The van der Waals surface area contributed by atoms with Crippen molar-refractivity contribution in [1.82, 2.24) is 3.52 Å². The van der Waals surface area contributed by atoms with E-state index >= 15 is 0 Å². The van der Waals surface area contributed by atoms with E-state index in [4.69, 9.17) is 1.41 Å². The maximum absolute atomic E-state index is 6.64. The summed E-state index contributed by atoms with van der Waals surface area (Å²) in [7, 11) is 0. The summed E-state index contributed by atoms with van der Waals surface area (Å²) in [4.78, 5) is 0. The van der Waals surface area contributed by atoms with Crippen molar-refractivity contribution in [2.75, 3.05) is 4.55 Å². The highest BCUT2D eigenvalue weighted by molar-refractivity contribution is 14.1. The quantitative estimate of drug-likeness (QED) is 0.331. The molecule has 0 fully saturated rings. The summed E-state index contributed by atoms with van der Waals surface area (Å²) < 4.78 is 8.73. The van der Waals surface area contributed by atoms with Crippen LogP contribution >= 0.6 is 45.5 Å². The van der Waals surface area contributed by atoms with Crippen molar-refractivity contribution in [3.8, 4) is 0 Å². The van der Waals surface area contributed by atoms with Crippen LogP contribution < -0.4 is 3.52 Å². The molecule has 3 heteroatoms. The van der Waals surface area contributed by atoms with Gasteiger partial charge in [0.1, 0.15) is 1.41 Å². The molecule has 26 valence electrons. The number of halogens is 2. The summed E-state index contributed by atoms with van der Waals surface area (Å²) in [6, 6.07) is 0. The molecule has 0 saturated heterocycles. The van der Waals surface area contributed by atoms with Gasteiger partial charge < -0.3 is 0 Å². The van der Waals surface area contributed by atoms with Gasteiger partial charge in [0, 0.05) is 22.9 Å². The van der Waals surface area contributed by atoms with Crippen LogP contribution in [-0.4, -0.2) is 4.55 Å². The van der Waals surface area contributed by atoms with Gasteiger partial charge in [0.05, 0.1) is 4.55 Å². The minimum absolute atomic E-state index is 0.762. The van der Waals surface area contributed by atoms with E-state index < -0.39 is 0 Å². The molecule has 0 aliphatic carbocycles. The van der Waals surface area contributed by atoms with E-state index in [1.54, 1.807) is 0 Å². The predicted molar refractivity (Wildman–Crippen MR) is 36.0 cm³/mol. The Morgan fingerprint density at radius 1 is 2.25 bits per heavy atom. The second kappa shape index (κ2) is 4.42. The summed E-state index contributed by atoms with van der Waals surface area (Å²) in [5.74, 6) is 0. The number of nitrogens with one attached hydrogen (secondary N) is 1. The fourth-order valence-electron chi connectivity index (χ4n) is 0. The summed E-state index contributed by atoms with van der Waals surface area (Å²) in [6.07, 6.45) is 0. The van der Waals surface area contributed by atoms with Gasteiger partial charge in [-0.25, -0.2) is 0 Å². The van der Waals surface area contributed by atoms with Crippen molar-refractivity contribution in [2.24, 2.45) is 0 Å². The van der Waals surface area contributed by atoms with Crippen LogP contribution in [0.3, 0.4) is 0 Å². The molecule has 0 aromatic rings. The Balaban J connectivity index is 2.54. The molecule has 0 saturated carbocycles. The first kappa shape index (κ1) is 3.60. The van der Waals surface area contributed by atoms with Gasteiger partial charge >= 0.3 is 0 Å². The minimum atomic E-state index is 0.762. The standard InChI is InChI=1S/CH3I2N/c2-1-4-3/h4H,1H2/i/hD. The van der Waals surface area contributed by atoms with Crippen molar-refractivity contribution < 1.29 is 1.41 Å². The van der Waals surface area contributed by atoms with E-state index in [2.05, 4.69) is 22.6 Å². The molecule has 0 rings (SSSR count). The maximum Gasteiger partial charge on any atom is 0.135 e. The summed E-state index contributed by atoms with van der Waals surface area (Å²) in [5, 5.41) is 0. The summed E-state index contributed by atoms with van der Waals surface area (Å²) in [5.41, 5.74) is 0. The van der Waals surface area contributed by atoms with Crippen LogP contribution in [0.25, 0.3) is 0 Å². The van der Waals surface area contributed by atoms with Crippen molar-refractivity contribution >= 4 is 45.5 Å². The Bertz CT molecular complexity index is 23.6. The molecule has 0 amide bonds. The van der Waals surface area contributed by atoms with Gasteiger partial charge in [-0.3, -0.25) is 3.52 Å². The van der Waals surface area contributed by atoms with Gasteiger partial charge in [0.2, 0.25) is 0 Å². The van der Waals surface area contributed by atoms with Gasteiger partial charge in [-0.1, -0.05) is 22.6 Å². The molecule has 0 heterocycles. The molecule has 0 spiro atoms. The van der Waals surface area contributed by atoms with E-state index in [9.17, 15) is 0 Å². The average molecular weight is 284 g/mol. The van der Waals surface area contributed by atoms with Crippen LogP contribution in [0.5, 0.6) is 0 Å². The Kier molecular flexibility index (Phi) is 3.98. The predicted octanol–water partition coefficient (Wildman–Crippen LogP) is 1.32. The van der Waals surface area contributed by atoms with Crippen LogP contribution in [0, 0.1) is 0 Å². The minimum Gasteiger partial charge on any atom is -0.251 e. The molecular weight excluding hydrogens is 280 g/mol. The Morgan fingerprint density at radius 2 is 2.50 bits per heavy atom. The van der Waals surface area contributed by atoms with E-state index in [0.29, 0.717) is 0 Å². The number of alkyl halides is 1. The lowest BCUT2D eigenvalue weighted by atomic mass is 11.6. The lowest BCUT2D eigenvalue weighted by Crippen LogP contribution is -1.85. The zero-order valence-electron chi connectivity index (χ0n) is 2.91. The lowest BCUT2D eigenvalue weighted by Gasteiger charge is -1.70. The fraction of sp³-hybridized carbons (Fsp3) is 1.00. The van der Waals surface area contributed by atoms with Crippen molar-refractivity contribution in [1.29, 1.82) is 0 Å². The molecule has 0 aliphatic heterocycles. The number of hydrogen-bond donors (Lipinski definition) is 1. The van der Waals surface area contributed by atoms with Crippen LogP contribution in [0.2, 0.25) is 1.41 Å². The van der Waals surface area contributed by atoms with Crippen molar-refractivity contribution in [2.45, 2.75) is 0 Å². The third-order valence-corrected chi connectivity index (χ3v) is 2.03. The molecule has 4 heavy (non-hydrogen) atoms. The topological polar surface area (TPSA) is 12.0 Å². The second-order valence-corrected chi connectivity index (χ2v) is 1.60. The SMILES string of the molecule is [2H]N(I)CI. The Morgan fingerprint density at radius 3 is 2.50 bits per heavy atom. The van der Waals surface area contributed by atoms with Gasteiger partial charge in [0.15, 0.2) is 0 Å². The van der Waals surface area contributed by atoms with Gasteiger partial charge in [-0.15, -0.1) is 0 Å². The highest BCUT2D eigenvalue weighted by Crippen LogP contribution is 1.74. The normalized spacial score (nSPS) is 12.2. The van der Waals surface area contributed by atoms with Gasteiger partial charge in [0.25, 0.3) is 0 Å². The molecule has 0 radical (unpaired) electrons. The first-order valence-electron chi connectivity index (χ1n) is 1.20. The van der Waals surface area contributed by atoms with E-state index in [1.807, 2.05) is 22.9 Å². The monoisotopic (exact) mass is 284 g/mol. The highest BCUT2D eigenvalue weighted by atomic mass is 127. The average Bonchev–Trinajstić information content (AvgIpc) is 1.38. The maximum atomic E-state index is 6.64. The second-order valence-electron chi connectivity index (χ2n) is 0.239. The first-order chi connectivity index (χ1) is 2.27. The molecule has 1 N–H and O–H groups in total. The Hall–Kier alpha value is 1.42. The van der Waals surface area contributed by atoms with Crippen LogP contribution in [0.15, 0.2) is 0 Å². The molecule has 0 bridgehead atoms. The number of hydrogen-bond acceptors (Lipinski definition) is 1. The third kappa shape index (κ3) is 3.42. The smallest absolute Gasteiger partial charge is 0.135 e. The van der Waals surface area contributed by atoms with Crippen LogP contribution in [-0.2, 0) is 0 Å². The highest BCUT2D eigenvalue weighted by Gasteiger charge is 1.55. The summed E-state index contributed by atoms with van der Waals surface area (Å²) >= 11 is 4.01. The molecule has 0 aromatic carbocycles. The van der Waals surface area contributed by atoms with Gasteiger partial charge in [-0.05, 0) is 0 Å². The molecule has 0 atom stereocenters. The lowest BCUT2D eigenvalue weighted by molar-refractivity contribution is 1.34. The van der Waals surface area contributed by atoms with E-state index in [-0.39, 0.29) is 0 Å². The van der Waals surface area contributed by atoms with Crippen LogP contribution in [0.1, 0.15) is 0 Å². The van der Waals surface area contributed by atoms with Crippen LogP contribution in [0.4, 0.5) is 0 Å². The van der Waals surface area contributed by atoms with E-state index in [0.717, 1.165) is 4.55 Å².